The Morgan fingerprint density at radius 3 is 2.67 bits per heavy atom. The van der Waals surface area contributed by atoms with Gasteiger partial charge in [-0.3, -0.25) is 14.8 Å². The molecule has 0 spiro atoms. The first-order valence-electron chi connectivity index (χ1n) is 11.7. The van der Waals surface area contributed by atoms with Gasteiger partial charge in [-0.05, 0) is 38.0 Å². The number of nitriles is 1. The van der Waals surface area contributed by atoms with Crippen molar-refractivity contribution in [2.24, 2.45) is 4.99 Å². The van der Waals surface area contributed by atoms with Gasteiger partial charge in [0.15, 0.2) is 11.1 Å². The third kappa shape index (κ3) is 3.97. The van der Waals surface area contributed by atoms with Gasteiger partial charge in [0.1, 0.15) is 17.7 Å². The van der Waals surface area contributed by atoms with Crippen LogP contribution in [0.25, 0.3) is 11.7 Å². The lowest BCUT2D eigenvalue weighted by Crippen LogP contribution is -2.48. The fraction of sp³-hybridized carbons (Fsp3) is 0.333. The number of fused-ring (bicyclic) bond motifs is 1. The molecule has 4 aromatic heterocycles. The molecule has 2 fully saturated rings. The van der Waals surface area contributed by atoms with Gasteiger partial charge < -0.3 is 14.9 Å². The summed E-state index contributed by atoms with van der Waals surface area (Å²) in [6.45, 7) is 4.85. The minimum absolute atomic E-state index is 0.165. The van der Waals surface area contributed by atoms with Gasteiger partial charge >= 0.3 is 4.87 Å². The highest BCUT2D eigenvalue weighted by Gasteiger charge is 2.25. The summed E-state index contributed by atoms with van der Waals surface area (Å²) in [7, 11) is 0. The number of nitrogens with one attached hydrogen (secondary N) is 1. The highest BCUT2D eigenvalue weighted by molar-refractivity contribution is 7.10. The monoisotopic (exact) mass is 501 g/mol. The Morgan fingerprint density at radius 2 is 2.00 bits per heavy atom. The van der Waals surface area contributed by atoms with E-state index in [0.29, 0.717) is 59.3 Å². The fourth-order valence-electron chi connectivity index (χ4n) is 4.44. The quantitative estimate of drug-likeness (QED) is 0.417. The van der Waals surface area contributed by atoms with E-state index in [2.05, 4.69) is 30.9 Å². The van der Waals surface area contributed by atoms with Crippen LogP contribution in [0, 0.1) is 18.3 Å². The summed E-state index contributed by atoms with van der Waals surface area (Å²) in [6.07, 6.45) is 7.24. The predicted molar refractivity (Wildman–Crippen MR) is 135 cm³/mol. The van der Waals surface area contributed by atoms with Crippen LogP contribution in [0.5, 0.6) is 5.88 Å². The van der Waals surface area contributed by atoms with E-state index < -0.39 is 0 Å². The van der Waals surface area contributed by atoms with E-state index in [9.17, 15) is 15.2 Å². The molecule has 0 amide bonds. The molecular formula is C24H23N9O2S. The average Bonchev–Trinajstić information content (AvgIpc) is 3.54. The number of hydrogen-bond acceptors (Lipinski definition) is 10. The Hall–Kier alpha value is -4.24. The molecule has 0 unspecified atom stereocenters. The number of H-pyrrole nitrogens is 1. The molecule has 6 rings (SSSR count). The smallest absolute Gasteiger partial charge is 0.307 e. The molecule has 0 bridgehead atoms. The molecule has 1 aliphatic heterocycles. The normalized spacial score (nSPS) is 17.2. The lowest BCUT2D eigenvalue weighted by atomic mass is 10.2. The maximum atomic E-state index is 11.7. The number of pyridine rings is 1. The van der Waals surface area contributed by atoms with Gasteiger partial charge in [0.25, 0.3) is 0 Å². The molecular weight excluding hydrogens is 478 g/mol. The van der Waals surface area contributed by atoms with Gasteiger partial charge in [0, 0.05) is 43.2 Å². The molecule has 11 nitrogen and oxygen atoms in total. The average molecular weight is 502 g/mol. The zero-order chi connectivity index (χ0) is 24.8. The predicted octanol–water partition coefficient (Wildman–Crippen LogP) is 0.697. The van der Waals surface area contributed by atoms with Crippen LogP contribution in [0.1, 0.15) is 28.8 Å². The van der Waals surface area contributed by atoms with E-state index in [1.807, 2.05) is 6.92 Å². The Bertz CT molecular complexity index is 1690. The first-order chi connectivity index (χ1) is 17.5. The molecule has 4 aromatic rings. The third-order valence-corrected chi connectivity index (χ3v) is 7.25. The number of aromatic nitrogens is 5. The highest BCUT2D eigenvalue weighted by Crippen LogP contribution is 2.25. The molecule has 36 heavy (non-hydrogen) atoms. The van der Waals surface area contributed by atoms with Crippen molar-refractivity contribution in [1.82, 2.24) is 24.6 Å². The van der Waals surface area contributed by atoms with E-state index in [-0.39, 0.29) is 10.8 Å². The van der Waals surface area contributed by atoms with Crippen LogP contribution in [0.3, 0.4) is 0 Å². The van der Waals surface area contributed by atoms with Crippen molar-refractivity contribution in [1.29, 1.82) is 5.26 Å². The minimum Gasteiger partial charge on any atom is -0.493 e. The molecule has 2 N–H and O–H groups in total. The Balaban J connectivity index is 1.41. The molecule has 1 aliphatic carbocycles. The van der Waals surface area contributed by atoms with Crippen molar-refractivity contribution >= 4 is 34.7 Å². The van der Waals surface area contributed by atoms with Crippen LogP contribution >= 0.6 is 11.3 Å². The van der Waals surface area contributed by atoms with Gasteiger partial charge in [-0.1, -0.05) is 11.3 Å². The van der Waals surface area contributed by atoms with Crippen molar-refractivity contribution < 1.29 is 5.11 Å². The van der Waals surface area contributed by atoms with Gasteiger partial charge in [-0.2, -0.15) is 14.9 Å². The molecule has 182 valence electrons. The second-order valence-corrected chi connectivity index (χ2v) is 9.93. The van der Waals surface area contributed by atoms with Crippen LogP contribution in [0.15, 0.2) is 34.3 Å². The maximum absolute atomic E-state index is 11.7. The Kier molecular flexibility index (Phi) is 5.41. The van der Waals surface area contributed by atoms with Crippen LogP contribution in [-0.2, 0) is 0 Å². The van der Waals surface area contributed by atoms with E-state index in [1.54, 1.807) is 35.1 Å². The minimum atomic E-state index is -0.325. The number of nitrogens with zero attached hydrogens (tertiary/aromatic N) is 8. The molecule has 0 aromatic carbocycles. The summed E-state index contributed by atoms with van der Waals surface area (Å²) in [5.74, 6) is 1.38. The lowest BCUT2D eigenvalue weighted by molar-refractivity contribution is 0.455. The molecule has 0 atom stereocenters. The Labute approximate surface area is 209 Å². The largest absolute Gasteiger partial charge is 0.493 e. The number of aromatic amines is 1. The van der Waals surface area contributed by atoms with E-state index >= 15 is 0 Å². The van der Waals surface area contributed by atoms with Gasteiger partial charge in [-0.15, -0.1) is 0 Å². The zero-order valence-corrected chi connectivity index (χ0v) is 20.4. The number of piperazine rings is 1. The van der Waals surface area contributed by atoms with Gasteiger partial charge in [-0.25, -0.2) is 9.97 Å². The molecule has 0 radical (unpaired) electrons. The molecule has 1 saturated heterocycles. The molecule has 1 saturated carbocycles. The number of rotatable bonds is 4. The van der Waals surface area contributed by atoms with Crippen molar-refractivity contribution in [3.63, 3.8) is 0 Å². The number of thiazole rings is 1. The SMILES string of the molecule is Cc1c(N2CCN(c3ncccc3C#N)CC2)nc2c(=Cc3sc(=O)[nH]c3O)cnn2c1=NC1CC1. The first-order valence-corrected chi connectivity index (χ1v) is 12.5. The maximum Gasteiger partial charge on any atom is 0.307 e. The number of aromatic hydroxyl groups is 1. The number of hydrogen-bond donors (Lipinski definition) is 2. The molecule has 2 aliphatic rings. The van der Waals surface area contributed by atoms with Crippen LogP contribution < -0.4 is 25.4 Å². The first kappa shape index (κ1) is 22.2. The highest BCUT2D eigenvalue weighted by atomic mass is 32.1. The Morgan fingerprint density at radius 1 is 1.25 bits per heavy atom. The van der Waals surface area contributed by atoms with Crippen molar-refractivity contribution in [3.8, 4) is 11.9 Å². The molecule has 12 heteroatoms. The summed E-state index contributed by atoms with van der Waals surface area (Å²) in [4.78, 5) is 32.9. The topological polar surface area (TPSA) is 139 Å². The lowest BCUT2D eigenvalue weighted by Gasteiger charge is -2.36. The van der Waals surface area contributed by atoms with E-state index in [1.165, 1.54) is 0 Å². The summed E-state index contributed by atoms with van der Waals surface area (Å²) in [5, 5.41) is 24.8. The fourth-order valence-corrected chi connectivity index (χ4v) is 5.12. The van der Waals surface area contributed by atoms with E-state index in [0.717, 1.165) is 41.0 Å². The second-order valence-electron chi connectivity index (χ2n) is 8.91. The summed E-state index contributed by atoms with van der Waals surface area (Å²) in [5.41, 5.74) is 2.93. The summed E-state index contributed by atoms with van der Waals surface area (Å²) in [6, 6.07) is 6.09. The van der Waals surface area contributed by atoms with Gasteiger partial charge in [0.05, 0.1) is 22.7 Å². The van der Waals surface area contributed by atoms with Crippen molar-refractivity contribution in [3.05, 3.63) is 60.9 Å². The van der Waals surface area contributed by atoms with Crippen LogP contribution in [0.2, 0.25) is 0 Å². The molecule has 5 heterocycles. The third-order valence-electron chi connectivity index (χ3n) is 6.44. The van der Waals surface area contributed by atoms with Crippen molar-refractivity contribution in [2.45, 2.75) is 25.8 Å². The second kappa shape index (κ2) is 8.76. The summed E-state index contributed by atoms with van der Waals surface area (Å²) < 4.78 is 1.75. The zero-order valence-electron chi connectivity index (χ0n) is 19.5. The summed E-state index contributed by atoms with van der Waals surface area (Å²) >= 11 is 0.933. The van der Waals surface area contributed by atoms with Crippen LogP contribution in [0.4, 0.5) is 11.6 Å². The van der Waals surface area contributed by atoms with Crippen LogP contribution in [-0.4, -0.2) is 61.9 Å². The van der Waals surface area contributed by atoms with E-state index in [4.69, 9.17) is 9.98 Å². The van der Waals surface area contributed by atoms with Gasteiger partial charge in [0.2, 0.25) is 5.88 Å². The number of anilines is 2. The van der Waals surface area contributed by atoms with Crippen molar-refractivity contribution in [2.75, 3.05) is 36.0 Å². The standard InChI is InChI=1S/C24H23N9O2S/c1-14-19(31-7-9-32(10-8-31)21-15(12-25)3-2-6-26-21)29-22-16(11-18-23(34)30-24(35)36-18)13-27-33(22)20(14)28-17-4-5-17/h2-3,6,11,13,17,34H,4-5,7-10H2,1H3,(H,30,35).